The van der Waals surface area contributed by atoms with Crippen LogP contribution < -0.4 is 10.6 Å². The zero-order valence-corrected chi connectivity index (χ0v) is 14.5. The second-order valence-electron chi connectivity index (χ2n) is 7.14. The van der Waals surface area contributed by atoms with E-state index in [1.165, 1.54) is 0 Å². The smallest absolute Gasteiger partial charge is 0.325 e. The zero-order valence-electron chi connectivity index (χ0n) is 14.5. The van der Waals surface area contributed by atoms with Crippen molar-refractivity contribution in [1.82, 2.24) is 15.5 Å². The van der Waals surface area contributed by atoms with Crippen molar-refractivity contribution in [3.05, 3.63) is 35.9 Å². The summed E-state index contributed by atoms with van der Waals surface area (Å²) >= 11 is 0. The summed E-state index contributed by atoms with van der Waals surface area (Å²) in [4.78, 5) is 37.8. The second-order valence-corrected chi connectivity index (χ2v) is 7.14. The van der Waals surface area contributed by atoms with E-state index in [0.29, 0.717) is 12.3 Å². The average molecular weight is 343 g/mol. The van der Waals surface area contributed by atoms with Gasteiger partial charge in [-0.3, -0.25) is 14.5 Å². The summed E-state index contributed by atoms with van der Waals surface area (Å²) in [5, 5.41) is 5.63. The molecule has 1 saturated carbocycles. The van der Waals surface area contributed by atoms with Crippen molar-refractivity contribution in [3.8, 4) is 0 Å². The number of hydrogen-bond donors (Lipinski definition) is 2. The summed E-state index contributed by atoms with van der Waals surface area (Å²) in [6, 6.07) is 8.60. The first-order chi connectivity index (χ1) is 12.0. The maximum Gasteiger partial charge on any atom is 0.325 e. The number of amides is 4. The van der Waals surface area contributed by atoms with Crippen molar-refractivity contribution in [2.75, 3.05) is 6.54 Å². The third-order valence-corrected chi connectivity index (χ3v) is 5.07. The van der Waals surface area contributed by atoms with Gasteiger partial charge in [-0.1, -0.05) is 37.3 Å². The fourth-order valence-corrected chi connectivity index (χ4v) is 3.54. The van der Waals surface area contributed by atoms with Gasteiger partial charge < -0.3 is 10.6 Å². The molecule has 6 heteroatoms. The van der Waals surface area contributed by atoms with Gasteiger partial charge in [-0.15, -0.1) is 0 Å². The molecule has 1 heterocycles. The highest BCUT2D eigenvalue weighted by Crippen LogP contribution is 2.23. The van der Waals surface area contributed by atoms with Gasteiger partial charge in [-0.25, -0.2) is 4.79 Å². The minimum Gasteiger partial charge on any atom is -0.352 e. The summed E-state index contributed by atoms with van der Waals surface area (Å²) in [5.41, 5.74) is 0.976. The highest BCUT2D eigenvalue weighted by Gasteiger charge is 2.39. The Morgan fingerprint density at radius 1 is 1.16 bits per heavy atom. The third-order valence-electron chi connectivity index (χ3n) is 5.07. The molecular formula is C19H25N3O3. The van der Waals surface area contributed by atoms with Crippen molar-refractivity contribution in [2.45, 2.75) is 51.1 Å². The van der Waals surface area contributed by atoms with E-state index in [0.717, 1.165) is 36.1 Å². The Morgan fingerprint density at radius 3 is 2.52 bits per heavy atom. The first-order valence-corrected chi connectivity index (χ1v) is 8.98. The first-order valence-electron chi connectivity index (χ1n) is 8.98. The van der Waals surface area contributed by atoms with Crippen LogP contribution in [0.3, 0.4) is 0 Å². The lowest BCUT2D eigenvalue weighted by atomic mass is 9.87. The molecule has 1 aromatic carbocycles. The third kappa shape index (κ3) is 4.38. The number of carbonyl (C=O) groups excluding carboxylic acids is 3. The first kappa shape index (κ1) is 17.5. The van der Waals surface area contributed by atoms with Crippen molar-refractivity contribution < 1.29 is 14.4 Å². The largest absolute Gasteiger partial charge is 0.352 e. The highest BCUT2D eigenvalue weighted by atomic mass is 16.2. The zero-order chi connectivity index (χ0) is 17.8. The van der Waals surface area contributed by atoms with Crippen LogP contribution in [0.2, 0.25) is 0 Å². The van der Waals surface area contributed by atoms with E-state index < -0.39 is 12.1 Å². The molecule has 0 radical (unpaired) electrons. The molecule has 1 aliphatic carbocycles. The molecule has 6 nitrogen and oxygen atoms in total. The monoisotopic (exact) mass is 343 g/mol. The van der Waals surface area contributed by atoms with Crippen LogP contribution in [0.5, 0.6) is 0 Å². The van der Waals surface area contributed by atoms with Gasteiger partial charge in [0, 0.05) is 12.5 Å². The van der Waals surface area contributed by atoms with E-state index in [-0.39, 0.29) is 24.4 Å². The van der Waals surface area contributed by atoms with Crippen LogP contribution in [0.4, 0.5) is 4.79 Å². The predicted octanol–water partition coefficient (Wildman–Crippen LogP) is 1.84. The van der Waals surface area contributed by atoms with E-state index in [2.05, 4.69) is 17.6 Å². The van der Waals surface area contributed by atoms with E-state index in [1.54, 1.807) is 0 Å². The Bertz CT molecular complexity index is 639. The molecule has 25 heavy (non-hydrogen) atoms. The minimum atomic E-state index is -0.599. The van der Waals surface area contributed by atoms with Crippen LogP contribution in [0.25, 0.3) is 0 Å². The van der Waals surface area contributed by atoms with E-state index >= 15 is 0 Å². The Kier molecular flexibility index (Phi) is 5.36. The lowest BCUT2D eigenvalue weighted by Crippen LogP contribution is -2.45. The molecule has 3 rings (SSSR count). The molecule has 134 valence electrons. The SMILES string of the molecule is CC1CCC(NC(=O)CN2C(=O)NC(Cc3ccccc3)C2=O)CC1. The van der Waals surface area contributed by atoms with Gasteiger partial charge in [-0.05, 0) is 37.2 Å². The number of nitrogens with zero attached hydrogens (tertiary/aromatic N) is 1. The van der Waals surface area contributed by atoms with Gasteiger partial charge in [0.25, 0.3) is 5.91 Å². The molecule has 2 N–H and O–H groups in total. The molecule has 4 amide bonds. The lowest BCUT2D eigenvalue weighted by Gasteiger charge is -2.27. The van der Waals surface area contributed by atoms with E-state index in [9.17, 15) is 14.4 Å². The standard InChI is InChI=1S/C19H25N3O3/c1-13-7-9-15(10-8-13)20-17(23)12-22-18(24)16(21-19(22)25)11-14-5-3-2-4-6-14/h2-6,13,15-16H,7-12H2,1H3,(H,20,23)(H,21,25). The summed E-state index contributed by atoms with van der Waals surface area (Å²) in [5.74, 6) is 0.113. The van der Waals surface area contributed by atoms with Crippen LogP contribution in [-0.4, -0.2) is 41.4 Å². The molecule has 0 spiro atoms. The van der Waals surface area contributed by atoms with Crippen LogP contribution in [0.15, 0.2) is 30.3 Å². The van der Waals surface area contributed by atoms with Gasteiger partial charge in [0.05, 0.1) is 0 Å². The van der Waals surface area contributed by atoms with Crippen LogP contribution in [0.1, 0.15) is 38.2 Å². The minimum absolute atomic E-state index is 0.157. The second kappa shape index (κ2) is 7.68. The fourth-order valence-electron chi connectivity index (χ4n) is 3.54. The molecule has 2 aliphatic rings. The summed E-state index contributed by atoms with van der Waals surface area (Å²) in [7, 11) is 0. The number of carbonyl (C=O) groups is 3. The van der Waals surface area contributed by atoms with Crippen LogP contribution >= 0.6 is 0 Å². The maximum atomic E-state index is 12.5. The van der Waals surface area contributed by atoms with Crippen LogP contribution in [-0.2, 0) is 16.0 Å². The molecular weight excluding hydrogens is 318 g/mol. The number of imide groups is 1. The maximum absolute atomic E-state index is 12.5. The number of rotatable bonds is 5. The molecule has 1 saturated heterocycles. The van der Waals surface area contributed by atoms with Crippen molar-refractivity contribution in [3.63, 3.8) is 0 Å². The Balaban J connectivity index is 1.52. The van der Waals surface area contributed by atoms with Gasteiger partial charge in [-0.2, -0.15) is 0 Å². The lowest BCUT2D eigenvalue weighted by molar-refractivity contribution is -0.132. The molecule has 0 aromatic heterocycles. The van der Waals surface area contributed by atoms with Gasteiger partial charge in [0.2, 0.25) is 5.91 Å². The summed E-state index contributed by atoms with van der Waals surface area (Å²) in [6.07, 6.45) is 4.57. The Hall–Kier alpha value is -2.37. The molecule has 1 atom stereocenters. The number of hydrogen-bond acceptors (Lipinski definition) is 3. The van der Waals surface area contributed by atoms with Gasteiger partial charge >= 0.3 is 6.03 Å². The quantitative estimate of drug-likeness (QED) is 0.801. The molecule has 1 aromatic rings. The summed E-state index contributed by atoms with van der Waals surface area (Å²) < 4.78 is 0. The fraction of sp³-hybridized carbons (Fsp3) is 0.526. The van der Waals surface area contributed by atoms with Crippen molar-refractivity contribution in [1.29, 1.82) is 0 Å². The number of urea groups is 1. The summed E-state index contributed by atoms with van der Waals surface area (Å²) in [6.45, 7) is 2.01. The molecule has 1 aliphatic heterocycles. The number of nitrogens with one attached hydrogen (secondary N) is 2. The van der Waals surface area contributed by atoms with Crippen molar-refractivity contribution in [2.24, 2.45) is 5.92 Å². The van der Waals surface area contributed by atoms with E-state index in [1.807, 2.05) is 30.3 Å². The van der Waals surface area contributed by atoms with Crippen molar-refractivity contribution >= 4 is 17.8 Å². The van der Waals surface area contributed by atoms with Gasteiger partial charge in [0.15, 0.2) is 0 Å². The molecule has 2 fully saturated rings. The normalized spacial score (nSPS) is 26.4. The number of benzene rings is 1. The Labute approximate surface area is 148 Å². The van der Waals surface area contributed by atoms with Crippen LogP contribution in [0, 0.1) is 5.92 Å². The predicted molar refractivity (Wildman–Crippen MR) is 93.7 cm³/mol. The molecule has 1 unspecified atom stereocenters. The Morgan fingerprint density at radius 2 is 1.84 bits per heavy atom. The topological polar surface area (TPSA) is 78.5 Å². The highest BCUT2D eigenvalue weighted by molar-refractivity contribution is 6.06. The average Bonchev–Trinajstić information content (AvgIpc) is 2.85. The van der Waals surface area contributed by atoms with Gasteiger partial charge in [0.1, 0.15) is 12.6 Å². The molecule has 0 bridgehead atoms. The van der Waals surface area contributed by atoms with E-state index in [4.69, 9.17) is 0 Å².